The lowest BCUT2D eigenvalue weighted by Crippen LogP contribution is -2.51. The molecule has 1 aliphatic carbocycles. The van der Waals surface area contributed by atoms with E-state index in [1.54, 1.807) is 0 Å². The number of nitrogens with zero attached hydrogens (tertiary/aromatic N) is 2. The van der Waals surface area contributed by atoms with E-state index in [2.05, 4.69) is 25.1 Å². The quantitative estimate of drug-likeness (QED) is 0.474. The maximum absolute atomic E-state index is 6.13. The number of nitrogens with two attached hydrogens (primary N) is 2. The maximum atomic E-state index is 6.13. The summed E-state index contributed by atoms with van der Waals surface area (Å²) in [7, 11) is 0. The number of halogens is 3. The van der Waals surface area contributed by atoms with Crippen LogP contribution in [-0.4, -0.2) is 15.6 Å². The maximum Gasteiger partial charge on any atom is 0.152 e. The zero-order chi connectivity index (χ0) is 19.7. The molecule has 1 saturated carbocycles. The summed E-state index contributed by atoms with van der Waals surface area (Å²) in [5.74, 6) is 1.08. The van der Waals surface area contributed by atoms with Crippen LogP contribution in [0.15, 0.2) is 42.5 Å². The summed E-state index contributed by atoms with van der Waals surface area (Å²) in [4.78, 5) is 9.70. The number of aromatic nitrogens is 2. The van der Waals surface area contributed by atoms with E-state index in [1.807, 2.05) is 36.4 Å². The molecule has 160 valence electrons. The fourth-order valence-electron chi connectivity index (χ4n) is 3.84. The molecule has 2 aromatic carbocycles. The van der Waals surface area contributed by atoms with Crippen molar-refractivity contribution in [1.29, 1.82) is 0 Å². The zero-order valence-electron chi connectivity index (χ0n) is 16.8. The normalized spacial score (nSPS) is 16.3. The number of aryl methyl sites for hydroxylation is 1. The number of fused-ring (bicyclic) bond motifs is 1. The molecule has 0 saturated heterocycles. The number of hydrogen-bond donors (Lipinski definition) is 2. The Hall–Kier alpha value is -1.69. The molecule has 0 amide bonds. The first-order chi connectivity index (χ1) is 13.4. The molecule has 1 heterocycles. The van der Waals surface area contributed by atoms with Gasteiger partial charge in [-0.2, -0.15) is 0 Å². The van der Waals surface area contributed by atoms with Gasteiger partial charge in [0.1, 0.15) is 0 Å². The third kappa shape index (κ3) is 5.71. The van der Waals surface area contributed by atoms with Gasteiger partial charge in [-0.05, 0) is 68.5 Å². The highest BCUT2D eigenvalue weighted by molar-refractivity contribution is 6.30. The standard InChI is InChI=1S/C23H25ClN4.2ClH/c1-15-2-8-20-19(14-15)22(17-10-12-23(25,26)13-11-17)28-21(27-20)9-5-16-3-6-18(24)7-4-16;;/h2-9,14,17H,10-13,25-26H2,1H3;2*1H. The van der Waals surface area contributed by atoms with Crippen molar-refractivity contribution in [3.05, 3.63) is 70.1 Å². The summed E-state index contributed by atoms with van der Waals surface area (Å²) in [5.41, 5.74) is 16.1. The smallest absolute Gasteiger partial charge is 0.152 e. The van der Waals surface area contributed by atoms with Gasteiger partial charge in [0.25, 0.3) is 0 Å². The van der Waals surface area contributed by atoms with Crippen LogP contribution in [0, 0.1) is 6.92 Å². The first-order valence-corrected chi connectivity index (χ1v) is 10.1. The van der Waals surface area contributed by atoms with Gasteiger partial charge < -0.3 is 11.5 Å². The fraction of sp³-hybridized carbons (Fsp3) is 0.304. The molecule has 0 aliphatic heterocycles. The van der Waals surface area contributed by atoms with E-state index in [-0.39, 0.29) is 24.8 Å². The molecule has 3 aromatic rings. The van der Waals surface area contributed by atoms with Crippen LogP contribution in [0.5, 0.6) is 0 Å². The molecule has 4 rings (SSSR count). The summed E-state index contributed by atoms with van der Waals surface area (Å²) in [6, 6.07) is 14.1. The van der Waals surface area contributed by atoms with E-state index < -0.39 is 5.66 Å². The zero-order valence-corrected chi connectivity index (χ0v) is 19.2. The van der Waals surface area contributed by atoms with Crippen LogP contribution in [0.2, 0.25) is 5.02 Å². The van der Waals surface area contributed by atoms with Gasteiger partial charge in [0, 0.05) is 16.3 Å². The van der Waals surface area contributed by atoms with Crippen molar-refractivity contribution in [2.75, 3.05) is 0 Å². The Balaban J connectivity index is 0.00000160. The molecular weight excluding hydrogens is 439 g/mol. The van der Waals surface area contributed by atoms with Crippen molar-refractivity contribution < 1.29 is 0 Å². The second kappa shape index (κ2) is 10.1. The summed E-state index contributed by atoms with van der Waals surface area (Å²) in [6.07, 6.45) is 7.50. The molecule has 0 atom stereocenters. The lowest BCUT2D eigenvalue weighted by molar-refractivity contribution is 0.279. The Labute approximate surface area is 194 Å². The van der Waals surface area contributed by atoms with E-state index >= 15 is 0 Å². The van der Waals surface area contributed by atoms with Crippen molar-refractivity contribution in [3.8, 4) is 0 Å². The minimum absolute atomic E-state index is 0. The van der Waals surface area contributed by atoms with Gasteiger partial charge in [0.15, 0.2) is 5.82 Å². The molecule has 0 unspecified atom stereocenters. The molecule has 0 radical (unpaired) electrons. The molecule has 4 N–H and O–H groups in total. The van der Waals surface area contributed by atoms with E-state index in [0.29, 0.717) is 5.92 Å². The fourth-order valence-corrected chi connectivity index (χ4v) is 3.97. The highest BCUT2D eigenvalue weighted by Gasteiger charge is 2.30. The van der Waals surface area contributed by atoms with Gasteiger partial charge in [-0.3, -0.25) is 0 Å². The van der Waals surface area contributed by atoms with Gasteiger partial charge in [-0.15, -0.1) is 24.8 Å². The molecule has 4 nitrogen and oxygen atoms in total. The number of rotatable bonds is 3. The Bertz CT molecular complexity index is 1020. The Kier molecular flexibility index (Phi) is 8.26. The lowest BCUT2D eigenvalue weighted by Gasteiger charge is -2.34. The summed E-state index contributed by atoms with van der Waals surface area (Å²) in [6.45, 7) is 2.10. The molecule has 0 spiro atoms. The van der Waals surface area contributed by atoms with Crippen molar-refractivity contribution >= 4 is 59.5 Å². The molecule has 1 aromatic heterocycles. The second-order valence-corrected chi connectivity index (χ2v) is 8.32. The van der Waals surface area contributed by atoms with E-state index in [1.165, 1.54) is 5.56 Å². The Morgan fingerprint density at radius 3 is 2.30 bits per heavy atom. The SMILES string of the molecule is Cc1ccc2nc(C=Cc3ccc(Cl)cc3)nc(C3CCC(N)(N)CC3)c2c1.Cl.Cl. The lowest BCUT2D eigenvalue weighted by atomic mass is 9.80. The average molecular weight is 466 g/mol. The summed E-state index contributed by atoms with van der Waals surface area (Å²) in [5, 5.41) is 1.86. The second-order valence-electron chi connectivity index (χ2n) is 7.88. The van der Waals surface area contributed by atoms with Crippen LogP contribution in [-0.2, 0) is 0 Å². The summed E-state index contributed by atoms with van der Waals surface area (Å²) >= 11 is 5.97. The minimum Gasteiger partial charge on any atom is -0.313 e. The molecule has 1 aliphatic rings. The highest BCUT2D eigenvalue weighted by atomic mass is 35.5. The highest BCUT2D eigenvalue weighted by Crippen LogP contribution is 2.37. The topological polar surface area (TPSA) is 77.8 Å². The predicted molar refractivity (Wildman–Crippen MR) is 131 cm³/mol. The van der Waals surface area contributed by atoms with Crippen LogP contribution in [0.25, 0.3) is 23.1 Å². The first-order valence-electron chi connectivity index (χ1n) is 9.69. The Morgan fingerprint density at radius 1 is 0.967 bits per heavy atom. The van der Waals surface area contributed by atoms with Gasteiger partial charge in [-0.25, -0.2) is 9.97 Å². The monoisotopic (exact) mass is 464 g/mol. The van der Waals surface area contributed by atoms with E-state index in [0.717, 1.165) is 58.7 Å². The number of benzene rings is 2. The third-order valence-corrected chi connectivity index (χ3v) is 5.75. The molecular formula is C23H27Cl3N4. The van der Waals surface area contributed by atoms with Crippen molar-refractivity contribution in [2.24, 2.45) is 11.5 Å². The van der Waals surface area contributed by atoms with E-state index in [9.17, 15) is 0 Å². The van der Waals surface area contributed by atoms with Gasteiger partial charge in [0.05, 0.1) is 16.9 Å². The largest absolute Gasteiger partial charge is 0.313 e. The van der Waals surface area contributed by atoms with Gasteiger partial charge in [0.2, 0.25) is 0 Å². The first kappa shape index (κ1) is 24.6. The van der Waals surface area contributed by atoms with Crippen LogP contribution >= 0.6 is 36.4 Å². The molecule has 7 heteroatoms. The minimum atomic E-state index is -0.549. The van der Waals surface area contributed by atoms with Crippen LogP contribution in [0.1, 0.15) is 54.2 Å². The number of hydrogen-bond acceptors (Lipinski definition) is 4. The van der Waals surface area contributed by atoms with Crippen LogP contribution in [0.4, 0.5) is 0 Å². The van der Waals surface area contributed by atoms with Crippen LogP contribution in [0.3, 0.4) is 0 Å². The van der Waals surface area contributed by atoms with E-state index in [4.69, 9.17) is 33.0 Å². The average Bonchev–Trinajstić information content (AvgIpc) is 2.67. The van der Waals surface area contributed by atoms with Crippen molar-refractivity contribution in [1.82, 2.24) is 9.97 Å². The molecule has 1 fully saturated rings. The van der Waals surface area contributed by atoms with Crippen LogP contribution < -0.4 is 11.5 Å². The van der Waals surface area contributed by atoms with Crippen molar-refractivity contribution in [2.45, 2.75) is 44.2 Å². The van der Waals surface area contributed by atoms with Crippen molar-refractivity contribution in [3.63, 3.8) is 0 Å². The Morgan fingerprint density at radius 2 is 1.63 bits per heavy atom. The predicted octanol–water partition coefficient (Wildman–Crippen LogP) is 5.88. The molecule has 30 heavy (non-hydrogen) atoms. The van der Waals surface area contributed by atoms with Gasteiger partial charge >= 0.3 is 0 Å². The summed E-state index contributed by atoms with van der Waals surface area (Å²) < 4.78 is 0. The van der Waals surface area contributed by atoms with Gasteiger partial charge in [-0.1, -0.05) is 41.4 Å². The molecule has 0 bridgehead atoms. The third-order valence-electron chi connectivity index (χ3n) is 5.50.